The van der Waals surface area contributed by atoms with E-state index in [0.717, 1.165) is 4.57 Å². The number of rotatable bonds is 4. The van der Waals surface area contributed by atoms with Crippen LogP contribution in [0.15, 0.2) is 18.5 Å². The van der Waals surface area contributed by atoms with E-state index in [1.807, 2.05) is 0 Å². The van der Waals surface area contributed by atoms with E-state index in [4.69, 9.17) is 20.4 Å². The van der Waals surface area contributed by atoms with Crippen LogP contribution >= 0.6 is 15.2 Å². The maximum absolute atomic E-state index is 11.0. The second-order valence-corrected chi connectivity index (χ2v) is 7.22. The van der Waals surface area contributed by atoms with E-state index < -0.39 is 27.1 Å². The molecule has 17 heavy (non-hydrogen) atoms. The molecule has 1 aromatic rings. The lowest BCUT2D eigenvalue weighted by molar-refractivity contribution is -0.683. The first-order chi connectivity index (χ1) is 7.62. The molecule has 0 bridgehead atoms. The van der Waals surface area contributed by atoms with Gasteiger partial charge in [-0.25, -0.2) is 4.57 Å². The summed E-state index contributed by atoms with van der Waals surface area (Å²) in [6.07, 6.45) is 2.62. The van der Waals surface area contributed by atoms with Crippen LogP contribution in [0.4, 0.5) is 5.95 Å². The molecule has 2 unspecified atom stereocenters. The molecule has 96 valence electrons. The van der Waals surface area contributed by atoms with E-state index in [2.05, 4.69) is 4.98 Å². The number of aromatic nitrogens is 2. The van der Waals surface area contributed by atoms with E-state index in [0.29, 0.717) is 0 Å². The molecular weight excluding hydrogens is 272 g/mol. The topological polar surface area (TPSA) is 161 Å². The molecule has 2 atom stereocenters. The number of anilines is 1. The van der Waals surface area contributed by atoms with E-state index >= 15 is 0 Å². The normalized spacial score (nSPS) is 17.4. The molecular formula is C6H11N3O6P2. The number of nitrogens with zero attached hydrogens (tertiary/aromatic N) is 2. The average molecular weight is 283 g/mol. The predicted molar refractivity (Wildman–Crippen MR) is 54.5 cm³/mol. The monoisotopic (exact) mass is 283 g/mol. The molecule has 0 aliphatic carbocycles. The maximum atomic E-state index is 11.0. The summed E-state index contributed by atoms with van der Waals surface area (Å²) < 4.78 is 22.9. The minimum atomic E-state index is -5.20. The number of hydrogen-bond acceptors (Lipinski definition) is 5. The van der Waals surface area contributed by atoms with E-state index in [1.54, 1.807) is 0 Å². The molecule has 0 aromatic carbocycles. The summed E-state index contributed by atoms with van der Waals surface area (Å²) in [5, 5.41) is -2.24. The number of nitrogens with two attached hydrogens (primary N) is 1. The van der Waals surface area contributed by atoms with Crippen molar-refractivity contribution in [1.29, 1.82) is 0 Å². The van der Waals surface area contributed by atoms with Crippen LogP contribution in [0.1, 0.15) is 0 Å². The summed E-state index contributed by atoms with van der Waals surface area (Å²) in [6, 6.07) is 1.40. The van der Waals surface area contributed by atoms with Crippen LogP contribution in [0.3, 0.4) is 0 Å². The summed E-state index contributed by atoms with van der Waals surface area (Å²) in [5.74, 6) is -0.126. The average Bonchev–Trinajstić information content (AvgIpc) is 2.12. The van der Waals surface area contributed by atoms with Gasteiger partial charge in [0.1, 0.15) is 6.20 Å². The fraction of sp³-hybridized carbons (Fsp3) is 0.333. The molecule has 0 aliphatic rings. The molecule has 0 saturated heterocycles. The summed E-state index contributed by atoms with van der Waals surface area (Å²) in [5.41, 5.74) is 5.38. The molecule has 5 N–H and O–H groups in total. The van der Waals surface area contributed by atoms with Gasteiger partial charge in [0, 0.05) is 6.07 Å². The molecule has 11 heteroatoms. The Labute approximate surface area is 96.3 Å². The zero-order chi connectivity index (χ0) is 13.3. The van der Waals surface area contributed by atoms with Crippen LogP contribution in [0.5, 0.6) is 0 Å². The van der Waals surface area contributed by atoms with Crippen molar-refractivity contribution in [1.82, 2.24) is 4.98 Å². The highest BCUT2D eigenvalue weighted by atomic mass is 31.2. The quantitative estimate of drug-likeness (QED) is 0.364. The van der Waals surface area contributed by atoms with Gasteiger partial charge in [0.2, 0.25) is 0 Å². The zero-order valence-corrected chi connectivity index (χ0v) is 10.2. The third kappa shape index (κ3) is 3.85. The molecule has 0 aliphatic heterocycles. The first-order valence-electron chi connectivity index (χ1n) is 4.31. The van der Waals surface area contributed by atoms with Gasteiger partial charge >= 0.3 is 13.5 Å². The van der Waals surface area contributed by atoms with Crippen molar-refractivity contribution in [3.05, 3.63) is 18.5 Å². The SMILES string of the molecule is Nc1nccc[n+]1CC(P(=O)([O-])O)P(=O)(O)O. The van der Waals surface area contributed by atoms with Gasteiger partial charge < -0.3 is 24.1 Å². The Balaban J connectivity index is 3.09. The summed E-state index contributed by atoms with van der Waals surface area (Å²) >= 11 is 0. The molecule has 9 nitrogen and oxygen atoms in total. The first kappa shape index (κ1) is 14.2. The van der Waals surface area contributed by atoms with Crippen LogP contribution in [-0.4, -0.2) is 25.1 Å². The van der Waals surface area contributed by atoms with Crippen molar-refractivity contribution in [3.63, 3.8) is 0 Å². The highest BCUT2D eigenvalue weighted by Crippen LogP contribution is 2.57. The fourth-order valence-electron chi connectivity index (χ4n) is 1.14. The summed E-state index contributed by atoms with van der Waals surface area (Å²) in [4.78, 5) is 41.1. The van der Waals surface area contributed by atoms with E-state index in [9.17, 15) is 14.0 Å². The molecule has 0 amide bonds. The van der Waals surface area contributed by atoms with Crippen LogP contribution in [0.2, 0.25) is 0 Å². The second kappa shape index (κ2) is 4.81. The predicted octanol–water partition coefficient (Wildman–Crippen LogP) is -2.00. The first-order valence-corrected chi connectivity index (χ1v) is 7.64. The molecule has 0 fully saturated rings. The van der Waals surface area contributed by atoms with Gasteiger partial charge in [-0.1, -0.05) is 4.98 Å². The standard InChI is InChI=1S/C6H11N3O6P2/c7-6-8-2-1-3-9(6)4-5(16(10,11)12)17(13,14)15/h1-3,5,7H,4H2,(H4,10,11,12,13,14,15). The lowest BCUT2D eigenvalue weighted by atomic mass is 10.6. The van der Waals surface area contributed by atoms with Crippen molar-refractivity contribution < 1.29 is 33.3 Å². The molecule has 1 heterocycles. The van der Waals surface area contributed by atoms with Crippen molar-refractivity contribution in [2.45, 2.75) is 11.9 Å². The Kier molecular flexibility index (Phi) is 4.03. The summed E-state index contributed by atoms with van der Waals surface area (Å²) in [6.45, 7) is -0.679. The smallest absolute Gasteiger partial charge is 0.389 e. The maximum Gasteiger partial charge on any atom is 0.389 e. The van der Waals surface area contributed by atoms with Crippen LogP contribution in [-0.2, 0) is 15.7 Å². The molecule has 0 spiro atoms. The second-order valence-electron chi connectivity index (χ2n) is 3.26. The van der Waals surface area contributed by atoms with Crippen LogP contribution < -0.4 is 15.2 Å². The number of hydrogen-bond donors (Lipinski definition) is 4. The van der Waals surface area contributed by atoms with Crippen molar-refractivity contribution >= 4 is 21.1 Å². The Morgan fingerprint density at radius 1 is 1.47 bits per heavy atom. The molecule has 1 rings (SSSR count). The third-order valence-electron chi connectivity index (χ3n) is 1.98. The molecule has 1 aromatic heterocycles. The largest absolute Gasteiger partial charge is 0.778 e. The Hall–Kier alpha value is -0.820. The van der Waals surface area contributed by atoms with Crippen molar-refractivity contribution in [2.24, 2.45) is 0 Å². The Morgan fingerprint density at radius 2 is 2.06 bits per heavy atom. The Morgan fingerprint density at radius 3 is 2.47 bits per heavy atom. The molecule has 0 radical (unpaired) electrons. The van der Waals surface area contributed by atoms with E-state index in [1.165, 1.54) is 18.5 Å². The van der Waals surface area contributed by atoms with Gasteiger partial charge in [0.25, 0.3) is 0 Å². The third-order valence-corrected chi connectivity index (χ3v) is 5.61. The van der Waals surface area contributed by atoms with Gasteiger partial charge in [0.05, 0.1) is 12.7 Å². The van der Waals surface area contributed by atoms with Crippen LogP contribution in [0.25, 0.3) is 0 Å². The lowest BCUT2D eigenvalue weighted by Crippen LogP contribution is -2.43. The minimum Gasteiger partial charge on any atom is -0.778 e. The van der Waals surface area contributed by atoms with Gasteiger partial charge in [-0.15, -0.1) is 0 Å². The van der Waals surface area contributed by atoms with Crippen molar-refractivity contribution in [2.75, 3.05) is 5.73 Å². The van der Waals surface area contributed by atoms with Crippen molar-refractivity contribution in [3.8, 4) is 0 Å². The highest BCUT2D eigenvalue weighted by molar-refractivity contribution is 7.70. The minimum absolute atomic E-state index is 0.126. The van der Waals surface area contributed by atoms with Gasteiger partial charge in [-0.05, 0) is 0 Å². The van der Waals surface area contributed by atoms with Gasteiger partial charge in [0.15, 0.2) is 13.0 Å². The Bertz CT molecular complexity index is 474. The van der Waals surface area contributed by atoms with Gasteiger partial charge in [-0.3, -0.25) is 10.3 Å². The van der Waals surface area contributed by atoms with E-state index in [-0.39, 0.29) is 5.95 Å². The fourth-order valence-corrected chi connectivity index (χ4v) is 3.43. The highest BCUT2D eigenvalue weighted by Gasteiger charge is 2.39. The molecule has 0 saturated carbocycles. The van der Waals surface area contributed by atoms with Gasteiger partial charge in [-0.2, -0.15) is 0 Å². The lowest BCUT2D eigenvalue weighted by Gasteiger charge is -2.26. The number of nitrogen functional groups attached to an aromatic ring is 1. The summed E-state index contributed by atoms with van der Waals surface area (Å²) in [7, 11) is -10.2. The van der Waals surface area contributed by atoms with Crippen LogP contribution in [0, 0.1) is 0 Å². The zero-order valence-electron chi connectivity index (χ0n) is 8.45.